The van der Waals surface area contributed by atoms with Crippen molar-refractivity contribution in [3.05, 3.63) is 206 Å². The molecule has 10 aromatic carbocycles. The van der Waals surface area contributed by atoms with Gasteiger partial charge in [-0.1, -0.05) is 206 Å². The van der Waals surface area contributed by atoms with E-state index in [2.05, 4.69) is 206 Å². The quantitative estimate of drug-likeness (QED) is 0.126. The summed E-state index contributed by atoms with van der Waals surface area (Å²) in [7, 11) is -2.58. The lowest BCUT2D eigenvalue weighted by molar-refractivity contribution is 1.64. The van der Waals surface area contributed by atoms with Crippen molar-refractivity contribution < 1.29 is 0 Å². The number of rotatable bonds is 3. The second-order valence-corrected chi connectivity index (χ2v) is 18.7. The van der Waals surface area contributed by atoms with Crippen LogP contribution >= 0.6 is 0 Å². The van der Waals surface area contributed by atoms with E-state index in [1.807, 2.05) is 0 Å². The lowest BCUT2D eigenvalue weighted by atomic mass is 9.83. The molecule has 0 saturated carbocycles. The summed E-state index contributed by atoms with van der Waals surface area (Å²) < 4.78 is 0. The first-order chi connectivity index (χ1) is 27.3. The predicted molar refractivity (Wildman–Crippen MR) is 237 cm³/mol. The minimum atomic E-state index is -2.58. The van der Waals surface area contributed by atoms with Gasteiger partial charge >= 0.3 is 0 Å². The average molecular weight is 711 g/mol. The van der Waals surface area contributed by atoms with Crippen molar-refractivity contribution in [1.82, 2.24) is 0 Å². The first kappa shape index (κ1) is 30.6. The maximum Gasteiger partial charge on any atom is 0.182 e. The van der Waals surface area contributed by atoms with E-state index in [4.69, 9.17) is 0 Å². The maximum absolute atomic E-state index is 2.60. The number of hydrogen-bond acceptors (Lipinski definition) is 0. The summed E-state index contributed by atoms with van der Waals surface area (Å²) in [5.74, 6) is 0. The summed E-state index contributed by atoms with van der Waals surface area (Å²) in [5, 5.41) is 13.7. The Bertz CT molecular complexity index is 3090. The molecule has 0 N–H and O–H groups in total. The van der Waals surface area contributed by atoms with Gasteiger partial charge in [0, 0.05) is 0 Å². The average Bonchev–Trinajstić information content (AvgIpc) is 3.73. The Morgan fingerprint density at radius 1 is 0.218 bits per heavy atom. The molecule has 0 nitrogen and oxygen atoms in total. The van der Waals surface area contributed by atoms with Crippen LogP contribution in [-0.4, -0.2) is 8.07 Å². The smallest absolute Gasteiger partial charge is 0.0623 e. The third kappa shape index (κ3) is 4.11. The molecule has 2 aliphatic heterocycles. The molecule has 0 amide bonds. The van der Waals surface area contributed by atoms with E-state index in [1.165, 1.54) is 109 Å². The van der Waals surface area contributed by atoms with E-state index >= 15 is 0 Å². The first-order valence-electron chi connectivity index (χ1n) is 19.3. The molecule has 55 heavy (non-hydrogen) atoms. The van der Waals surface area contributed by atoms with Crippen molar-refractivity contribution in [2.24, 2.45) is 0 Å². The van der Waals surface area contributed by atoms with Gasteiger partial charge in [0.1, 0.15) is 0 Å². The molecule has 12 rings (SSSR count). The molecule has 2 aliphatic rings. The summed E-state index contributed by atoms with van der Waals surface area (Å²) in [5.41, 5.74) is 13.2. The molecule has 10 aromatic rings. The van der Waals surface area contributed by atoms with Gasteiger partial charge in [0.05, 0.1) is 0 Å². The molecule has 0 radical (unpaired) electrons. The number of benzene rings is 10. The molecule has 0 saturated heterocycles. The third-order valence-electron chi connectivity index (χ3n) is 12.5. The highest BCUT2D eigenvalue weighted by Crippen LogP contribution is 2.47. The molecule has 1 heteroatoms. The van der Waals surface area contributed by atoms with Gasteiger partial charge in [0.15, 0.2) is 8.07 Å². The Labute approximate surface area is 321 Å². The van der Waals surface area contributed by atoms with E-state index in [0.29, 0.717) is 0 Å². The van der Waals surface area contributed by atoms with Gasteiger partial charge in [0.25, 0.3) is 0 Å². The summed E-state index contributed by atoms with van der Waals surface area (Å²) in [6.07, 6.45) is 0. The molecule has 254 valence electrons. The van der Waals surface area contributed by atoms with Crippen molar-refractivity contribution >= 4 is 61.1 Å². The minimum absolute atomic E-state index is 1.24. The van der Waals surface area contributed by atoms with Gasteiger partial charge < -0.3 is 0 Å². The summed E-state index contributed by atoms with van der Waals surface area (Å²) in [6.45, 7) is 0. The van der Waals surface area contributed by atoms with Gasteiger partial charge in [-0.15, -0.1) is 0 Å². The Hall–Kier alpha value is -6.80. The highest BCUT2D eigenvalue weighted by Gasteiger charge is 2.53. The van der Waals surface area contributed by atoms with E-state index in [1.54, 1.807) is 0 Å². The van der Waals surface area contributed by atoms with Gasteiger partial charge in [-0.3, -0.25) is 0 Å². The number of hydrogen-bond donors (Lipinski definition) is 0. The van der Waals surface area contributed by atoms with E-state index in [9.17, 15) is 0 Å². The van der Waals surface area contributed by atoms with Crippen LogP contribution in [0.15, 0.2) is 206 Å². The standard InChI is InChI=1S/C54H34Si/c1-2-16-35(17-3-1)37-32-33-48(39-19-5-4-18-38(37)39)54-46-25-8-6-23-44(46)53(45-24-7-9-26-47(45)54)36-30-31-43-42-22-12-15-29-51(42)55(52(43)34-36)49-27-13-10-20-40(49)41-21-11-14-28-50(41)55/h1-34H. The van der Waals surface area contributed by atoms with Crippen molar-refractivity contribution in [1.29, 1.82) is 0 Å². The minimum Gasteiger partial charge on any atom is -0.0623 e. The largest absolute Gasteiger partial charge is 0.182 e. The zero-order chi connectivity index (χ0) is 36.1. The fourth-order valence-corrected chi connectivity index (χ4v) is 16.0. The maximum atomic E-state index is 2.60. The SMILES string of the molecule is c1ccc(-c2ccc(-c3c4ccccc4c(-c4ccc5c(c4)[Si]4(c6ccccc6-c6ccccc64)c4ccccc4-5)c4ccccc34)c3ccccc23)cc1. The van der Waals surface area contributed by atoms with E-state index in [-0.39, 0.29) is 0 Å². The second-order valence-electron chi connectivity index (χ2n) is 15.1. The second kappa shape index (κ2) is 11.6. The van der Waals surface area contributed by atoms with Crippen LogP contribution in [-0.2, 0) is 0 Å². The van der Waals surface area contributed by atoms with Crippen LogP contribution in [0.25, 0.3) is 88.0 Å². The summed E-state index contributed by atoms with van der Waals surface area (Å²) in [6, 6.07) is 77.7. The molecule has 0 bridgehead atoms. The third-order valence-corrected chi connectivity index (χ3v) is 17.4. The van der Waals surface area contributed by atoms with Crippen molar-refractivity contribution in [2.75, 3.05) is 0 Å². The van der Waals surface area contributed by atoms with Crippen LogP contribution < -0.4 is 20.7 Å². The molecular weight excluding hydrogens is 677 g/mol. The molecule has 2 heterocycles. The Morgan fingerprint density at radius 2 is 0.600 bits per heavy atom. The molecular formula is C54H34Si. The number of fused-ring (bicyclic) bond motifs is 13. The predicted octanol–water partition coefficient (Wildman–Crippen LogP) is 11.5. The van der Waals surface area contributed by atoms with Crippen LogP contribution in [0, 0.1) is 0 Å². The topological polar surface area (TPSA) is 0 Å². The lowest BCUT2D eigenvalue weighted by Crippen LogP contribution is -2.70. The summed E-state index contributed by atoms with van der Waals surface area (Å²) >= 11 is 0. The van der Waals surface area contributed by atoms with Crippen molar-refractivity contribution in [2.45, 2.75) is 0 Å². The molecule has 0 unspecified atom stereocenters. The van der Waals surface area contributed by atoms with Gasteiger partial charge in [-0.05, 0) is 109 Å². The van der Waals surface area contributed by atoms with Crippen LogP contribution in [0.1, 0.15) is 0 Å². The van der Waals surface area contributed by atoms with Gasteiger partial charge in [0.2, 0.25) is 0 Å². The highest BCUT2D eigenvalue weighted by atomic mass is 28.3. The first-order valence-corrected chi connectivity index (χ1v) is 21.3. The van der Waals surface area contributed by atoms with Gasteiger partial charge in [-0.2, -0.15) is 0 Å². The van der Waals surface area contributed by atoms with Crippen LogP contribution in [0.2, 0.25) is 0 Å². The Morgan fingerprint density at radius 3 is 1.15 bits per heavy atom. The van der Waals surface area contributed by atoms with Crippen LogP contribution in [0.4, 0.5) is 0 Å². The highest BCUT2D eigenvalue weighted by molar-refractivity contribution is 7.24. The molecule has 0 aliphatic carbocycles. The van der Waals surface area contributed by atoms with Crippen molar-refractivity contribution in [3.8, 4) is 55.6 Å². The monoisotopic (exact) mass is 710 g/mol. The normalized spacial score (nSPS) is 13.2. The van der Waals surface area contributed by atoms with Crippen LogP contribution in [0.3, 0.4) is 0 Å². The zero-order valence-electron chi connectivity index (χ0n) is 30.1. The van der Waals surface area contributed by atoms with Crippen LogP contribution in [0.5, 0.6) is 0 Å². The molecule has 1 spiro atoms. The van der Waals surface area contributed by atoms with Crippen molar-refractivity contribution in [3.63, 3.8) is 0 Å². The Balaban J connectivity index is 1.15. The fraction of sp³-hybridized carbons (Fsp3) is 0. The Kier molecular flexibility index (Phi) is 6.46. The molecule has 0 fully saturated rings. The zero-order valence-corrected chi connectivity index (χ0v) is 31.1. The molecule has 0 aromatic heterocycles. The lowest BCUT2D eigenvalue weighted by Gasteiger charge is -2.28. The van der Waals surface area contributed by atoms with E-state index in [0.717, 1.165) is 0 Å². The van der Waals surface area contributed by atoms with Gasteiger partial charge in [-0.25, -0.2) is 0 Å². The summed E-state index contributed by atoms with van der Waals surface area (Å²) in [4.78, 5) is 0. The van der Waals surface area contributed by atoms with E-state index < -0.39 is 8.07 Å². The fourth-order valence-electron chi connectivity index (χ4n) is 10.4. The molecule has 0 atom stereocenters.